The van der Waals surface area contributed by atoms with Crippen LogP contribution >= 0.6 is 0 Å². The van der Waals surface area contributed by atoms with Gasteiger partial charge in [-0.05, 0) is 37.3 Å². The summed E-state index contributed by atoms with van der Waals surface area (Å²) in [5.74, 6) is 0.823. The number of ether oxygens (including phenoxy) is 1. The molecule has 0 saturated carbocycles. The van der Waals surface area contributed by atoms with Gasteiger partial charge in [-0.3, -0.25) is 4.79 Å². The number of hydrogen-bond donors (Lipinski definition) is 1. The van der Waals surface area contributed by atoms with Crippen molar-refractivity contribution in [1.29, 1.82) is 0 Å². The van der Waals surface area contributed by atoms with E-state index in [1.165, 1.54) is 10.6 Å². The summed E-state index contributed by atoms with van der Waals surface area (Å²) in [4.78, 5) is 12.6. The first-order chi connectivity index (χ1) is 11.4. The van der Waals surface area contributed by atoms with Gasteiger partial charge in [-0.25, -0.2) is 12.7 Å². The highest BCUT2D eigenvalue weighted by Crippen LogP contribution is 2.27. The van der Waals surface area contributed by atoms with Crippen molar-refractivity contribution in [3.05, 3.63) is 29.8 Å². The van der Waals surface area contributed by atoms with Crippen LogP contribution in [0.1, 0.15) is 24.8 Å². The Morgan fingerprint density at radius 1 is 1.21 bits per heavy atom. The minimum atomic E-state index is -3.13. The molecule has 132 valence electrons. The van der Waals surface area contributed by atoms with Gasteiger partial charge in [0, 0.05) is 25.0 Å². The highest BCUT2D eigenvalue weighted by molar-refractivity contribution is 7.88. The number of para-hydroxylation sites is 1. The Kier molecular flexibility index (Phi) is 5.10. The van der Waals surface area contributed by atoms with Gasteiger partial charge >= 0.3 is 0 Å². The number of fused-ring (bicyclic) bond motifs is 1. The molecule has 2 heterocycles. The minimum Gasteiger partial charge on any atom is -0.493 e. The van der Waals surface area contributed by atoms with Crippen LogP contribution < -0.4 is 10.1 Å². The van der Waals surface area contributed by atoms with E-state index in [0.29, 0.717) is 45.4 Å². The van der Waals surface area contributed by atoms with Crippen molar-refractivity contribution >= 4 is 15.9 Å². The molecule has 1 amide bonds. The lowest BCUT2D eigenvalue weighted by molar-refractivity contribution is -0.126. The van der Waals surface area contributed by atoms with Crippen LogP contribution in [0.2, 0.25) is 0 Å². The molecule has 3 rings (SSSR count). The zero-order valence-electron chi connectivity index (χ0n) is 13.9. The molecule has 6 nitrogen and oxygen atoms in total. The van der Waals surface area contributed by atoms with Gasteiger partial charge in [-0.15, -0.1) is 0 Å². The van der Waals surface area contributed by atoms with E-state index in [-0.39, 0.29) is 17.9 Å². The number of nitrogens with zero attached hydrogens (tertiary/aromatic N) is 1. The van der Waals surface area contributed by atoms with Gasteiger partial charge in [0.15, 0.2) is 0 Å². The molecule has 2 aliphatic rings. The van der Waals surface area contributed by atoms with Crippen molar-refractivity contribution in [2.75, 3.05) is 26.0 Å². The lowest BCUT2D eigenvalue weighted by Crippen LogP contribution is -2.47. The molecule has 0 spiro atoms. The van der Waals surface area contributed by atoms with E-state index in [2.05, 4.69) is 5.32 Å². The third kappa shape index (κ3) is 4.08. The summed E-state index contributed by atoms with van der Waals surface area (Å²) in [6.45, 7) is 1.49. The number of hydrogen-bond acceptors (Lipinski definition) is 4. The van der Waals surface area contributed by atoms with Gasteiger partial charge in [0.2, 0.25) is 15.9 Å². The molecule has 1 aromatic carbocycles. The van der Waals surface area contributed by atoms with E-state index < -0.39 is 10.0 Å². The first kappa shape index (κ1) is 17.2. The van der Waals surface area contributed by atoms with Crippen molar-refractivity contribution in [2.45, 2.75) is 31.7 Å². The molecule has 24 heavy (non-hydrogen) atoms. The highest BCUT2D eigenvalue weighted by Gasteiger charge is 2.29. The minimum absolute atomic E-state index is 0.0492. The number of sulfonamides is 1. The first-order valence-corrected chi connectivity index (χ1v) is 10.2. The molecule has 7 heteroatoms. The summed E-state index contributed by atoms with van der Waals surface area (Å²) < 4.78 is 30.3. The van der Waals surface area contributed by atoms with Crippen LogP contribution in [0.15, 0.2) is 24.3 Å². The second kappa shape index (κ2) is 7.11. The van der Waals surface area contributed by atoms with Crippen LogP contribution in [0, 0.1) is 5.92 Å². The number of carbonyl (C=O) groups excluding carboxylic acids is 1. The van der Waals surface area contributed by atoms with Gasteiger partial charge in [-0.2, -0.15) is 0 Å². The zero-order chi connectivity index (χ0) is 17.2. The van der Waals surface area contributed by atoms with Crippen LogP contribution in [-0.2, 0) is 21.2 Å². The molecule has 1 saturated heterocycles. The molecule has 0 unspecified atom stereocenters. The summed E-state index contributed by atoms with van der Waals surface area (Å²) in [7, 11) is -3.13. The van der Waals surface area contributed by atoms with Gasteiger partial charge in [0.25, 0.3) is 0 Å². The summed E-state index contributed by atoms with van der Waals surface area (Å²) in [5, 5.41) is 3.10. The number of nitrogens with one attached hydrogen (secondary N) is 1. The van der Waals surface area contributed by atoms with Crippen LogP contribution in [0.3, 0.4) is 0 Å². The normalized spacial score (nSPS) is 23.0. The van der Waals surface area contributed by atoms with Gasteiger partial charge in [0.1, 0.15) is 5.75 Å². The number of benzene rings is 1. The summed E-state index contributed by atoms with van der Waals surface area (Å²) in [6.07, 6.45) is 3.94. The third-order valence-corrected chi connectivity index (χ3v) is 6.11. The van der Waals surface area contributed by atoms with Crippen LogP contribution in [-0.4, -0.2) is 50.6 Å². The van der Waals surface area contributed by atoms with E-state index in [1.54, 1.807) is 0 Å². The fraction of sp³-hybridized carbons (Fsp3) is 0.588. The molecule has 1 N–H and O–H groups in total. The predicted octanol–water partition coefficient (Wildman–Crippen LogP) is 1.17. The highest BCUT2D eigenvalue weighted by atomic mass is 32.2. The fourth-order valence-corrected chi connectivity index (χ4v) is 4.24. The Morgan fingerprint density at radius 3 is 2.62 bits per heavy atom. The molecule has 1 aromatic rings. The average Bonchev–Trinajstić information content (AvgIpc) is 2.77. The molecule has 0 radical (unpaired) electrons. The largest absolute Gasteiger partial charge is 0.493 e. The molecular formula is C17H24N2O4S. The maximum atomic E-state index is 12.6. The van der Waals surface area contributed by atoms with Crippen LogP contribution in [0.5, 0.6) is 5.75 Å². The fourth-order valence-electron chi connectivity index (χ4n) is 3.37. The molecule has 1 fully saturated rings. The second-order valence-electron chi connectivity index (χ2n) is 6.59. The summed E-state index contributed by atoms with van der Waals surface area (Å²) in [6, 6.07) is 7.90. The molecular weight excluding hydrogens is 328 g/mol. The molecule has 0 bridgehead atoms. The van der Waals surface area contributed by atoms with E-state index >= 15 is 0 Å². The lowest BCUT2D eigenvalue weighted by atomic mass is 9.95. The zero-order valence-corrected chi connectivity index (χ0v) is 14.7. The third-order valence-electron chi connectivity index (χ3n) is 4.80. The summed E-state index contributed by atoms with van der Waals surface area (Å²) >= 11 is 0. The Labute approximate surface area is 143 Å². The quantitative estimate of drug-likeness (QED) is 0.886. The number of rotatable bonds is 3. The standard InChI is InChI=1S/C17H24N2O4S/c1-24(21,22)19-9-6-15(7-10-19)18-17(20)14-8-11-23-16-5-3-2-4-13(16)12-14/h2-5,14-15H,6-12H2,1H3,(H,18,20)/t14-/m0/s1. The van der Waals surface area contributed by atoms with Gasteiger partial charge in [-0.1, -0.05) is 18.2 Å². The van der Waals surface area contributed by atoms with Crippen molar-refractivity contribution in [2.24, 2.45) is 5.92 Å². The van der Waals surface area contributed by atoms with Crippen LogP contribution in [0.25, 0.3) is 0 Å². The lowest BCUT2D eigenvalue weighted by Gasteiger charge is -2.31. The predicted molar refractivity (Wildman–Crippen MR) is 91.3 cm³/mol. The van der Waals surface area contributed by atoms with E-state index in [1.807, 2.05) is 24.3 Å². The van der Waals surface area contributed by atoms with Crippen molar-refractivity contribution in [3.8, 4) is 5.75 Å². The Hall–Kier alpha value is -1.60. The SMILES string of the molecule is CS(=O)(=O)N1CCC(NC(=O)[C@H]2CCOc3ccccc3C2)CC1. The molecule has 0 aromatic heterocycles. The number of piperidine rings is 1. The maximum absolute atomic E-state index is 12.6. The molecule has 1 atom stereocenters. The number of amides is 1. The molecule has 0 aliphatic carbocycles. The second-order valence-corrected chi connectivity index (χ2v) is 8.57. The van der Waals surface area contributed by atoms with Crippen molar-refractivity contribution < 1.29 is 17.9 Å². The number of carbonyl (C=O) groups is 1. The van der Waals surface area contributed by atoms with Gasteiger partial charge in [0.05, 0.1) is 12.9 Å². The topological polar surface area (TPSA) is 75.7 Å². The average molecular weight is 352 g/mol. The van der Waals surface area contributed by atoms with Crippen molar-refractivity contribution in [1.82, 2.24) is 9.62 Å². The Balaban J connectivity index is 1.56. The van der Waals surface area contributed by atoms with E-state index in [4.69, 9.17) is 4.74 Å². The van der Waals surface area contributed by atoms with E-state index in [9.17, 15) is 13.2 Å². The monoisotopic (exact) mass is 352 g/mol. The van der Waals surface area contributed by atoms with Gasteiger partial charge < -0.3 is 10.1 Å². The van der Waals surface area contributed by atoms with Crippen LogP contribution in [0.4, 0.5) is 0 Å². The smallest absolute Gasteiger partial charge is 0.223 e. The molecule has 2 aliphatic heterocycles. The summed E-state index contributed by atoms with van der Waals surface area (Å²) in [5.41, 5.74) is 1.07. The van der Waals surface area contributed by atoms with Crippen molar-refractivity contribution in [3.63, 3.8) is 0 Å². The Bertz CT molecular complexity index is 696. The van der Waals surface area contributed by atoms with E-state index in [0.717, 1.165) is 11.3 Å². The maximum Gasteiger partial charge on any atom is 0.223 e. The first-order valence-electron chi connectivity index (χ1n) is 8.39. The Morgan fingerprint density at radius 2 is 1.92 bits per heavy atom.